The maximum atomic E-state index is 12.7. The zero-order valence-corrected chi connectivity index (χ0v) is 15.5. The number of carbonyl (C=O) groups excluding carboxylic acids is 1. The molecule has 1 fully saturated rings. The summed E-state index contributed by atoms with van der Waals surface area (Å²) in [5.74, 6) is 1.55. The summed E-state index contributed by atoms with van der Waals surface area (Å²) < 4.78 is 10.9. The minimum absolute atomic E-state index is 0.0636. The van der Waals surface area contributed by atoms with Gasteiger partial charge in [0.05, 0.1) is 19.4 Å². The summed E-state index contributed by atoms with van der Waals surface area (Å²) in [6, 6.07) is 11.5. The number of methoxy groups -OCH3 is 1. The second-order valence-electron chi connectivity index (χ2n) is 6.97. The van der Waals surface area contributed by atoms with E-state index in [0.29, 0.717) is 12.2 Å². The number of nitrogens with one attached hydrogen (secondary N) is 2. The van der Waals surface area contributed by atoms with Crippen molar-refractivity contribution in [1.29, 1.82) is 0 Å². The van der Waals surface area contributed by atoms with Gasteiger partial charge in [-0.25, -0.2) is 0 Å². The van der Waals surface area contributed by atoms with Crippen molar-refractivity contribution in [2.45, 2.75) is 25.3 Å². The number of H-pyrrole nitrogens is 1. The molecule has 3 aromatic rings. The highest BCUT2D eigenvalue weighted by Gasteiger charge is 2.25. The molecule has 0 bridgehead atoms. The van der Waals surface area contributed by atoms with Crippen LogP contribution in [0, 0.1) is 0 Å². The number of carbonyl (C=O) groups is 1. The van der Waals surface area contributed by atoms with Crippen molar-refractivity contribution in [1.82, 2.24) is 15.2 Å². The molecule has 0 radical (unpaired) electrons. The molecular weight excluding hydrogens is 342 g/mol. The number of hydrogen-bond donors (Lipinski definition) is 2. The molecule has 1 aromatic carbocycles. The third-order valence-corrected chi connectivity index (χ3v) is 5.23. The molecule has 4 rings (SSSR count). The van der Waals surface area contributed by atoms with Crippen LogP contribution in [0.25, 0.3) is 10.9 Å². The monoisotopic (exact) mass is 367 g/mol. The molecule has 0 saturated carbocycles. The molecule has 1 aliphatic heterocycles. The summed E-state index contributed by atoms with van der Waals surface area (Å²) in [6.07, 6.45) is 5.34. The number of hydrogen-bond acceptors (Lipinski definition) is 4. The fourth-order valence-corrected chi connectivity index (χ4v) is 3.76. The number of amides is 1. The second-order valence-corrected chi connectivity index (χ2v) is 6.97. The summed E-state index contributed by atoms with van der Waals surface area (Å²) in [7, 11) is 1.63. The number of rotatable bonds is 6. The number of fused-ring (bicyclic) bond motifs is 1. The number of aromatic nitrogens is 1. The summed E-state index contributed by atoms with van der Waals surface area (Å²) in [4.78, 5) is 18.3. The number of ether oxygens (including phenoxy) is 1. The highest BCUT2D eigenvalue weighted by Crippen LogP contribution is 2.25. The average Bonchev–Trinajstić information content (AvgIpc) is 3.38. The van der Waals surface area contributed by atoms with E-state index in [1.807, 2.05) is 36.4 Å². The Kier molecular flexibility index (Phi) is 5.16. The lowest BCUT2D eigenvalue weighted by Gasteiger charge is -2.33. The van der Waals surface area contributed by atoms with Gasteiger partial charge in [-0.3, -0.25) is 9.69 Å². The third kappa shape index (κ3) is 3.85. The van der Waals surface area contributed by atoms with E-state index in [1.54, 1.807) is 13.4 Å². The fourth-order valence-electron chi connectivity index (χ4n) is 3.76. The largest absolute Gasteiger partial charge is 0.497 e. The Morgan fingerprint density at radius 1 is 1.26 bits per heavy atom. The lowest BCUT2D eigenvalue weighted by molar-refractivity contribution is 0.0910. The van der Waals surface area contributed by atoms with Crippen LogP contribution < -0.4 is 10.1 Å². The standard InChI is InChI=1S/C21H25N3O3/c1-26-16-8-7-15-12-18(23-17(15)13-16)21(25)22-14-19(20-6-5-11-27-20)24-9-3-2-4-10-24/h5-8,11-13,19,23H,2-4,9-10,14H2,1H3,(H,22,25). The molecule has 3 heterocycles. The maximum absolute atomic E-state index is 12.7. The Balaban J connectivity index is 1.47. The SMILES string of the molecule is COc1ccc2cc(C(=O)NCC(c3ccco3)N3CCCCC3)[nH]c2c1. The number of nitrogens with zero attached hydrogens (tertiary/aromatic N) is 1. The molecule has 142 valence electrons. The van der Waals surface area contributed by atoms with Gasteiger partial charge in [-0.2, -0.15) is 0 Å². The van der Waals surface area contributed by atoms with E-state index in [9.17, 15) is 4.79 Å². The molecule has 1 atom stereocenters. The fraction of sp³-hybridized carbons (Fsp3) is 0.381. The topological polar surface area (TPSA) is 70.5 Å². The molecule has 6 heteroatoms. The first-order valence-electron chi connectivity index (χ1n) is 9.47. The molecular formula is C21H25N3O3. The molecule has 0 aliphatic carbocycles. The summed E-state index contributed by atoms with van der Waals surface area (Å²) in [5.41, 5.74) is 1.44. The normalized spacial score (nSPS) is 16.3. The Labute approximate surface area is 158 Å². The van der Waals surface area contributed by atoms with Gasteiger partial charge in [-0.05, 0) is 56.3 Å². The van der Waals surface area contributed by atoms with Crippen LogP contribution in [0.5, 0.6) is 5.75 Å². The molecule has 6 nitrogen and oxygen atoms in total. The molecule has 27 heavy (non-hydrogen) atoms. The maximum Gasteiger partial charge on any atom is 0.267 e. The molecule has 1 aliphatic rings. The van der Waals surface area contributed by atoms with E-state index >= 15 is 0 Å². The third-order valence-electron chi connectivity index (χ3n) is 5.23. The van der Waals surface area contributed by atoms with E-state index in [4.69, 9.17) is 9.15 Å². The molecule has 1 amide bonds. The van der Waals surface area contributed by atoms with Gasteiger partial charge in [0.25, 0.3) is 5.91 Å². The van der Waals surface area contributed by atoms with Gasteiger partial charge in [-0.1, -0.05) is 6.42 Å². The van der Waals surface area contributed by atoms with Crippen molar-refractivity contribution >= 4 is 16.8 Å². The van der Waals surface area contributed by atoms with Gasteiger partial charge in [0.15, 0.2) is 0 Å². The molecule has 1 saturated heterocycles. The van der Waals surface area contributed by atoms with Crippen molar-refractivity contribution in [2.24, 2.45) is 0 Å². The van der Waals surface area contributed by atoms with Gasteiger partial charge >= 0.3 is 0 Å². The van der Waals surface area contributed by atoms with Crippen molar-refractivity contribution < 1.29 is 13.9 Å². The van der Waals surface area contributed by atoms with E-state index in [2.05, 4.69) is 15.2 Å². The minimum Gasteiger partial charge on any atom is -0.497 e. The van der Waals surface area contributed by atoms with Crippen LogP contribution in [-0.4, -0.2) is 42.5 Å². The number of piperidine rings is 1. The Morgan fingerprint density at radius 2 is 2.11 bits per heavy atom. The van der Waals surface area contributed by atoms with Crippen molar-refractivity contribution in [3.63, 3.8) is 0 Å². The first kappa shape index (κ1) is 17.7. The van der Waals surface area contributed by atoms with Crippen LogP contribution in [0.2, 0.25) is 0 Å². The second kappa shape index (κ2) is 7.88. The molecule has 2 N–H and O–H groups in total. The van der Waals surface area contributed by atoms with Crippen molar-refractivity contribution in [3.05, 3.63) is 54.1 Å². The number of benzene rings is 1. The zero-order valence-electron chi connectivity index (χ0n) is 15.5. The predicted octanol–water partition coefficient (Wildman–Crippen LogP) is 3.73. The average molecular weight is 367 g/mol. The minimum atomic E-state index is -0.112. The van der Waals surface area contributed by atoms with Gasteiger partial charge in [-0.15, -0.1) is 0 Å². The highest BCUT2D eigenvalue weighted by molar-refractivity contribution is 5.98. The van der Waals surface area contributed by atoms with Crippen LogP contribution in [0.4, 0.5) is 0 Å². The summed E-state index contributed by atoms with van der Waals surface area (Å²) >= 11 is 0. The zero-order chi connectivity index (χ0) is 18.6. The number of aromatic amines is 1. The summed E-state index contributed by atoms with van der Waals surface area (Å²) in [5, 5.41) is 4.06. The molecule has 2 aromatic heterocycles. The predicted molar refractivity (Wildman–Crippen MR) is 104 cm³/mol. The molecule has 1 unspecified atom stereocenters. The van der Waals surface area contributed by atoms with Crippen LogP contribution in [0.3, 0.4) is 0 Å². The van der Waals surface area contributed by atoms with Gasteiger partial charge in [0.1, 0.15) is 17.2 Å². The Hall–Kier alpha value is -2.73. The van der Waals surface area contributed by atoms with Gasteiger partial charge < -0.3 is 19.5 Å². The van der Waals surface area contributed by atoms with Crippen LogP contribution in [-0.2, 0) is 0 Å². The molecule has 0 spiro atoms. The smallest absolute Gasteiger partial charge is 0.267 e. The van der Waals surface area contributed by atoms with Crippen LogP contribution in [0.1, 0.15) is 41.6 Å². The van der Waals surface area contributed by atoms with E-state index in [1.165, 1.54) is 19.3 Å². The van der Waals surface area contributed by atoms with E-state index in [-0.39, 0.29) is 11.9 Å². The van der Waals surface area contributed by atoms with Crippen LogP contribution in [0.15, 0.2) is 47.1 Å². The number of likely N-dealkylation sites (tertiary alicyclic amines) is 1. The van der Waals surface area contributed by atoms with E-state index in [0.717, 1.165) is 35.5 Å². The van der Waals surface area contributed by atoms with Crippen molar-refractivity contribution in [2.75, 3.05) is 26.7 Å². The van der Waals surface area contributed by atoms with Gasteiger partial charge in [0.2, 0.25) is 0 Å². The number of furan rings is 1. The highest BCUT2D eigenvalue weighted by atomic mass is 16.5. The van der Waals surface area contributed by atoms with Crippen LogP contribution >= 0.6 is 0 Å². The first-order valence-corrected chi connectivity index (χ1v) is 9.47. The summed E-state index contributed by atoms with van der Waals surface area (Å²) in [6.45, 7) is 2.59. The lowest BCUT2D eigenvalue weighted by Crippen LogP contribution is -2.40. The van der Waals surface area contributed by atoms with E-state index < -0.39 is 0 Å². The first-order chi connectivity index (χ1) is 13.2. The van der Waals surface area contributed by atoms with Crippen molar-refractivity contribution in [3.8, 4) is 5.75 Å². The Bertz CT molecular complexity index is 895. The Morgan fingerprint density at radius 3 is 2.85 bits per heavy atom. The lowest BCUT2D eigenvalue weighted by atomic mass is 10.1. The van der Waals surface area contributed by atoms with Gasteiger partial charge in [0, 0.05) is 23.5 Å². The quantitative estimate of drug-likeness (QED) is 0.696.